The van der Waals surface area contributed by atoms with Crippen molar-refractivity contribution in [2.24, 2.45) is 0 Å². The van der Waals surface area contributed by atoms with Gasteiger partial charge in [-0.05, 0) is 17.9 Å². The first-order valence-corrected chi connectivity index (χ1v) is 7.71. The van der Waals surface area contributed by atoms with Gasteiger partial charge in [0.1, 0.15) is 0 Å². The van der Waals surface area contributed by atoms with Crippen LogP contribution >= 0.6 is 0 Å². The van der Waals surface area contributed by atoms with Crippen LogP contribution in [0.5, 0.6) is 5.75 Å². The molecule has 0 aliphatic carbocycles. The molecule has 9 heteroatoms. The van der Waals surface area contributed by atoms with Crippen LogP contribution in [0.25, 0.3) is 0 Å². The fraction of sp³-hybridized carbons (Fsp3) is 0.222. The smallest absolute Gasteiger partial charge is 0.312 e. The van der Waals surface area contributed by atoms with Gasteiger partial charge < -0.3 is 9.84 Å². The number of hydrogen-bond donors (Lipinski definition) is 1. The largest absolute Gasteiger partial charge is 0.481 e. The van der Waals surface area contributed by atoms with Crippen molar-refractivity contribution in [2.45, 2.75) is 25.2 Å². The average Bonchev–Trinajstić information content (AvgIpc) is 2.66. The number of carboxylic acid groups (broad SMARTS) is 1. The number of carbonyl (C=O) groups excluding carboxylic acids is 1. The first kappa shape index (κ1) is 20.3. The Hall–Kier alpha value is -2.97. The zero-order chi connectivity index (χ0) is 20.1. The van der Waals surface area contributed by atoms with Gasteiger partial charge in [-0.25, -0.2) is 13.2 Å². The molecule has 4 nitrogen and oxygen atoms in total. The van der Waals surface area contributed by atoms with Gasteiger partial charge in [0.25, 0.3) is 0 Å². The molecule has 0 heterocycles. The van der Waals surface area contributed by atoms with Gasteiger partial charge in [0.05, 0.1) is 6.42 Å². The molecule has 27 heavy (non-hydrogen) atoms. The number of esters is 1. The van der Waals surface area contributed by atoms with E-state index in [2.05, 4.69) is 4.74 Å². The summed E-state index contributed by atoms with van der Waals surface area (Å²) in [5, 5.41) is 8.80. The van der Waals surface area contributed by atoms with Crippen molar-refractivity contribution in [3.8, 4) is 5.75 Å². The molecule has 2 rings (SSSR count). The lowest BCUT2D eigenvalue weighted by molar-refractivity contribution is -0.138. The molecule has 0 spiro atoms. The topological polar surface area (TPSA) is 63.6 Å². The van der Waals surface area contributed by atoms with Crippen molar-refractivity contribution in [1.29, 1.82) is 0 Å². The lowest BCUT2D eigenvalue weighted by Crippen LogP contribution is -2.17. The third kappa shape index (κ3) is 4.81. The highest BCUT2D eigenvalue weighted by molar-refractivity contribution is 5.74. The molecule has 1 N–H and O–H groups in total. The van der Waals surface area contributed by atoms with E-state index in [9.17, 15) is 31.5 Å². The lowest BCUT2D eigenvalue weighted by atomic mass is 9.91. The Bertz CT molecular complexity index is 826. The van der Waals surface area contributed by atoms with E-state index in [-0.39, 0.29) is 12.8 Å². The third-order valence-corrected chi connectivity index (χ3v) is 3.78. The van der Waals surface area contributed by atoms with Crippen molar-refractivity contribution in [3.05, 3.63) is 65.0 Å². The van der Waals surface area contributed by atoms with Gasteiger partial charge in [-0.1, -0.05) is 30.3 Å². The minimum absolute atomic E-state index is 0.00551. The van der Waals surface area contributed by atoms with Crippen LogP contribution in [-0.4, -0.2) is 17.0 Å². The summed E-state index contributed by atoms with van der Waals surface area (Å²) >= 11 is 0. The maximum Gasteiger partial charge on any atom is 0.312 e. The van der Waals surface area contributed by atoms with Crippen LogP contribution in [-0.2, 0) is 9.59 Å². The summed E-state index contributed by atoms with van der Waals surface area (Å²) in [6.07, 6.45) is -0.808. The number of hydrogen-bond acceptors (Lipinski definition) is 3. The summed E-state index contributed by atoms with van der Waals surface area (Å²) in [4.78, 5) is 22.8. The maximum absolute atomic E-state index is 13.6. The molecule has 0 aromatic heterocycles. The number of rotatable bonds is 7. The fourth-order valence-electron chi connectivity index (χ4n) is 2.44. The predicted octanol–water partition coefficient (Wildman–Crippen LogP) is 4.33. The SMILES string of the molecule is O=C(O)CCC(CC(=O)Oc1c(F)c(F)c(F)c(F)c1F)c1ccccc1. The number of carbonyl (C=O) groups is 2. The number of halogens is 5. The quantitative estimate of drug-likeness (QED) is 0.252. The second-order valence-electron chi connectivity index (χ2n) is 5.62. The minimum Gasteiger partial charge on any atom is -0.481 e. The molecule has 0 aliphatic rings. The third-order valence-electron chi connectivity index (χ3n) is 3.78. The number of aliphatic carboxylic acids is 1. The molecule has 0 fully saturated rings. The van der Waals surface area contributed by atoms with Gasteiger partial charge >= 0.3 is 11.9 Å². The molecule has 0 bridgehead atoms. The summed E-state index contributed by atoms with van der Waals surface area (Å²) < 4.78 is 70.9. The van der Waals surface area contributed by atoms with Crippen molar-refractivity contribution in [1.82, 2.24) is 0 Å². The van der Waals surface area contributed by atoms with Gasteiger partial charge in [-0.3, -0.25) is 9.59 Å². The summed E-state index contributed by atoms with van der Waals surface area (Å²) in [5.74, 6) is -16.1. The zero-order valence-corrected chi connectivity index (χ0v) is 13.6. The zero-order valence-electron chi connectivity index (χ0n) is 13.6. The van der Waals surface area contributed by atoms with Crippen LogP contribution in [0.3, 0.4) is 0 Å². The highest BCUT2D eigenvalue weighted by atomic mass is 19.2. The fourth-order valence-corrected chi connectivity index (χ4v) is 2.44. The van der Waals surface area contributed by atoms with Crippen LogP contribution in [0.1, 0.15) is 30.7 Å². The maximum atomic E-state index is 13.6. The highest BCUT2D eigenvalue weighted by Crippen LogP contribution is 2.31. The van der Waals surface area contributed by atoms with Gasteiger partial charge in [-0.2, -0.15) is 8.78 Å². The Morgan fingerprint density at radius 2 is 1.41 bits per heavy atom. The standard InChI is InChI=1S/C18H13F5O4/c19-13-14(20)16(22)18(17(23)15(13)21)27-12(26)8-10(6-7-11(24)25)9-4-2-1-3-5-9/h1-5,10H,6-8H2,(H,24,25). The molecule has 0 aliphatic heterocycles. The van der Waals surface area contributed by atoms with Crippen molar-refractivity contribution in [3.63, 3.8) is 0 Å². The predicted molar refractivity (Wildman–Crippen MR) is 82.5 cm³/mol. The Morgan fingerprint density at radius 1 is 0.889 bits per heavy atom. The molecule has 1 unspecified atom stereocenters. The Labute approximate surface area is 150 Å². The van der Waals surface area contributed by atoms with Crippen LogP contribution in [0, 0.1) is 29.1 Å². The van der Waals surface area contributed by atoms with E-state index in [1.54, 1.807) is 30.3 Å². The molecule has 144 valence electrons. The van der Waals surface area contributed by atoms with E-state index >= 15 is 0 Å². The molecule has 2 aromatic rings. The Kier molecular flexibility index (Phi) is 6.49. The van der Waals surface area contributed by atoms with Crippen molar-refractivity contribution in [2.75, 3.05) is 0 Å². The summed E-state index contributed by atoms with van der Waals surface area (Å²) in [6.45, 7) is 0. The molecule has 0 saturated heterocycles. The average molecular weight is 388 g/mol. The van der Waals surface area contributed by atoms with Crippen LogP contribution in [0.15, 0.2) is 30.3 Å². The summed E-state index contributed by atoms with van der Waals surface area (Å²) in [5.41, 5.74) is 0.563. The highest BCUT2D eigenvalue weighted by Gasteiger charge is 2.29. The van der Waals surface area contributed by atoms with Crippen LogP contribution < -0.4 is 4.74 Å². The van der Waals surface area contributed by atoms with E-state index in [0.717, 1.165) is 0 Å². The minimum atomic E-state index is -2.37. The Balaban J connectivity index is 2.23. The molecule has 0 saturated carbocycles. The van der Waals surface area contributed by atoms with E-state index in [1.165, 1.54) is 0 Å². The second-order valence-corrected chi connectivity index (χ2v) is 5.62. The van der Waals surface area contributed by atoms with Crippen LogP contribution in [0.4, 0.5) is 22.0 Å². The lowest BCUT2D eigenvalue weighted by Gasteiger charge is -2.16. The molecule has 2 aromatic carbocycles. The molecular formula is C18H13F5O4. The van der Waals surface area contributed by atoms with E-state index in [0.29, 0.717) is 5.56 Å². The van der Waals surface area contributed by atoms with Crippen molar-refractivity contribution >= 4 is 11.9 Å². The normalized spacial score (nSPS) is 11.9. The number of carboxylic acids is 1. The van der Waals surface area contributed by atoms with E-state index < -0.39 is 59.1 Å². The number of benzene rings is 2. The van der Waals surface area contributed by atoms with E-state index in [1.807, 2.05) is 0 Å². The Morgan fingerprint density at radius 3 is 1.93 bits per heavy atom. The van der Waals surface area contributed by atoms with Crippen molar-refractivity contribution < 1.29 is 41.4 Å². The molecule has 0 amide bonds. The van der Waals surface area contributed by atoms with Gasteiger partial charge in [0.15, 0.2) is 0 Å². The first-order valence-electron chi connectivity index (χ1n) is 7.71. The summed E-state index contributed by atoms with van der Waals surface area (Å²) in [6, 6.07) is 8.18. The molecule has 1 atom stereocenters. The van der Waals surface area contributed by atoms with E-state index in [4.69, 9.17) is 5.11 Å². The summed E-state index contributed by atoms with van der Waals surface area (Å²) in [7, 11) is 0. The van der Waals surface area contributed by atoms with Gasteiger partial charge in [0, 0.05) is 6.42 Å². The van der Waals surface area contributed by atoms with Gasteiger partial charge in [-0.15, -0.1) is 0 Å². The second kappa shape index (κ2) is 8.61. The molecule has 0 radical (unpaired) electrons. The first-order chi connectivity index (χ1) is 12.7. The number of ether oxygens (including phenoxy) is 1. The molecular weight excluding hydrogens is 375 g/mol. The monoisotopic (exact) mass is 388 g/mol. The van der Waals surface area contributed by atoms with Crippen LogP contribution in [0.2, 0.25) is 0 Å². The van der Waals surface area contributed by atoms with Gasteiger partial charge in [0.2, 0.25) is 34.8 Å².